The van der Waals surface area contributed by atoms with Crippen molar-refractivity contribution in [1.82, 2.24) is 33.8 Å². The fraction of sp³-hybridized carbons (Fsp3) is 0.238. The second kappa shape index (κ2) is 7.51. The van der Waals surface area contributed by atoms with Crippen LogP contribution in [0.5, 0.6) is 0 Å². The van der Waals surface area contributed by atoms with E-state index in [0.717, 1.165) is 58.2 Å². The highest BCUT2D eigenvalue weighted by molar-refractivity contribution is 7.10. The smallest absolute Gasteiger partial charge is 0.181 e. The van der Waals surface area contributed by atoms with Crippen LogP contribution in [0.3, 0.4) is 0 Å². The van der Waals surface area contributed by atoms with Crippen molar-refractivity contribution in [3.05, 3.63) is 54.9 Å². The zero-order valence-corrected chi connectivity index (χ0v) is 17.7. The molecule has 0 spiro atoms. The Morgan fingerprint density at radius 1 is 1.27 bits per heavy atom. The molecule has 5 heterocycles. The summed E-state index contributed by atoms with van der Waals surface area (Å²) in [5.74, 6) is 0.695. The van der Waals surface area contributed by atoms with Crippen molar-refractivity contribution in [2.45, 2.75) is 13.3 Å². The number of fused-ring (bicyclic) bond motifs is 1. The Morgan fingerprint density at radius 2 is 2.17 bits per heavy atom. The van der Waals surface area contributed by atoms with E-state index in [-0.39, 0.29) is 0 Å². The maximum absolute atomic E-state index is 4.94. The Labute approximate surface area is 178 Å². The summed E-state index contributed by atoms with van der Waals surface area (Å²) < 4.78 is 8.19. The predicted molar refractivity (Wildman–Crippen MR) is 121 cm³/mol. The van der Waals surface area contributed by atoms with Gasteiger partial charge in [0.2, 0.25) is 0 Å². The number of aryl methyl sites for hydroxylation is 1. The highest BCUT2D eigenvalue weighted by Gasteiger charge is 2.18. The van der Waals surface area contributed by atoms with Crippen molar-refractivity contribution in [1.29, 1.82) is 0 Å². The quantitative estimate of drug-likeness (QED) is 0.514. The second-order valence-corrected chi connectivity index (χ2v) is 8.18. The van der Waals surface area contributed by atoms with Crippen molar-refractivity contribution in [3.63, 3.8) is 0 Å². The molecule has 0 bridgehead atoms. The third kappa shape index (κ3) is 3.31. The van der Waals surface area contributed by atoms with Crippen LogP contribution in [0.1, 0.15) is 24.6 Å². The lowest BCUT2D eigenvalue weighted by molar-refractivity contribution is 0.737. The van der Waals surface area contributed by atoms with E-state index in [1.54, 1.807) is 4.68 Å². The van der Waals surface area contributed by atoms with Crippen LogP contribution in [0.25, 0.3) is 28.1 Å². The van der Waals surface area contributed by atoms with Gasteiger partial charge in [0.05, 0.1) is 30.0 Å². The van der Waals surface area contributed by atoms with Crippen LogP contribution in [-0.2, 0) is 7.05 Å². The Bertz CT molecular complexity index is 1280. The Kier molecular flexibility index (Phi) is 4.68. The molecule has 9 heteroatoms. The molecule has 0 aromatic carbocycles. The number of hydrogen-bond donors (Lipinski definition) is 2. The van der Waals surface area contributed by atoms with Crippen LogP contribution in [0.4, 0.5) is 10.8 Å². The van der Waals surface area contributed by atoms with Crippen LogP contribution >= 0.6 is 11.5 Å². The van der Waals surface area contributed by atoms with Gasteiger partial charge in [-0.25, -0.2) is 9.97 Å². The number of rotatable bonds is 5. The number of nitrogens with zero attached hydrogens (tertiary/aromatic N) is 6. The molecule has 0 unspecified atom stereocenters. The van der Waals surface area contributed by atoms with Gasteiger partial charge in [-0.2, -0.15) is 9.47 Å². The largest absolute Gasteiger partial charge is 0.327 e. The van der Waals surface area contributed by atoms with E-state index in [4.69, 9.17) is 4.98 Å². The molecule has 0 amide bonds. The van der Waals surface area contributed by atoms with Crippen molar-refractivity contribution >= 4 is 39.1 Å². The maximum Gasteiger partial charge on any atom is 0.181 e. The average molecular weight is 419 g/mol. The van der Waals surface area contributed by atoms with Gasteiger partial charge < -0.3 is 10.6 Å². The fourth-order valence-electron chi connectivity index (χ4n) is 3.57. The van der Waals surface area contributed by atoms with E-state index in [9.17, 15) is 0 Å². The van der Waals surface area contributed by atoms with Gasteiger partial charge in [0.1, 0.15) is 5.00 Å². The number of imidazole rings is 1. The molecule has 1 aliphatic rings. The van der Waals surface area contributed by atoms with Gasteiger partial charge in [-0.15, -0.1) is 0 Å². The van der Waals surface area contributed by atoms with Gasteiger partial charge in [-0.3, -0.25) is 9.08 Å². The van der Waals surface area contributed by atoms with Crippen molar-refractivity contribution in [2.75, 3.05) is 18.4 Å². The number of aromatic nitrogens is 6. The first kappa shape index (κ1) is 18.7. The maximum atomic E-state index is 4.94. The van der Waals surface area contributed by atoms with Gasteiger partial charge >= 0.3 is 0 Å². The van der Waals surface area contributed by atoms with Gasteiger partial charge in [0.15, 0.2) is 11.5 Å². The van der Waals surface area contributed by atoms with Crippen LogP contribution in [0.2, 0.25) is 0 Å². The molecular formula is C21H22N8S. The van der Waals surface area contributed by atoms with Gasteiger partial charge in [-0.1, -0.05) is 12.7 Å². The van der Waals surface area contributed by atoms with Gasteiger partial charge in [-0.05, 0) is 42.6 Å². The highest BCUT2D eigenvalue weighted by atomic mass is 32.1. The lowest BCUT2D eigenvalue weighted by Gasteiger charge is -2.16. The summed E-state index contributed by atoms with van der Waals surface area (Å²) in [6.45, 7) is 7.82. The summed E-state index contributed by atoms with van der Waals surface area (Å²) in [6, 6.07) is 0. The second-order valence-electron chi connectivity index (χ2n) is 7.38. The minimum absolute atomic E-state index is 0.695. The normalized spacial score (nSPS) is 14.1. The Morgan fingerprint density at radius 3 is 2.90 bits per heavy atom. The molecule has 8 nitrogen and oxygen atoms in total. The van der Waals surface area contributed by atoms with Crippen LogP contribution in [0, 0.1) is 0 Å². The van der Waals surface area contributed by atoms with E-state index < -0.39 is 0 Å². The number of anilines is 2. The highest BCUT2D eigenvalue weighted by Crippen LogP contribution is 2.32. The predicted octanol–water partition coefficient (Wildman–Crippen LogP) is 3.74. The van der Waals surface area contributed by atoms with Crippen LogP contribution < -0.4 is 10.6 Å². The summed E-state index contributed by atoms with van der Waals surface area (Å²) in [4.78, 5) is 9.61. The summed E-state index contributed by atoms with van der Waals surface area (Å²) >= 11 is 1.39. The van der Waals surface area contributed by atoms with Gasteiger partial charge in [0.25, 0.3) is 0 Å². The molecule has 0 radical (unpaired) electrons. The van der Waals surface area contributed by atoms with Crippen molar-refractivity contribution < 1.29 is 0 Å². The average Bonchev–Trinajstić information content (AvgIpc) is 3.48. The first-order valence-electron chi connectivity index (χ1n) is 9.75. The van der Waals surface area contributed by atoms with Crippen molar-refractivity contribution in [3.8, 4) is 11.3 Å². The molecule has 4 aromatic rings. The third-order valence-electron chi connectivity index (χ3n) is 5.11. The molecule has 152 valence electrons. The van der Waals surface area contributed by atoms with E-state index in [1.165, 1.54) is 17.1 Å². The molecule has 0 saturated carbocycles. The molecular weight excluding hydrogens is 396 g/mol. The Balaban J connectivity index is 1.68. The standard InChI is InChI=1S/C21H22N8S/c1-13(2)16-9-25-30-21(16)27-19-20-23-10-18(15-8-24-28(3)11-15)29(20)12-17(26-19)14-5-4-6-22-7-14/h5,8-12,22H,1,4,6-7H2,2-3H3,(H,26,27). The topological polar surface area (TPSA) is 85.0 Å². The number of nitrogens with one attached hydrogen (secondary N) is 2. The monoisotopic (exact) mass is 418 g/mol. The summed E-state index contributed by atoms with van der Waals surface area (Å²) in [5.41, 5.74) is 6.77. The van der Waals surface area contributed by atoms with E-state index in [0.29, 0.717) is 5.82 Å². The zero-order chi connectivity index (χ0) is 20.7. The Hall–Kier alpha value is -3.30. The van der Waals surface area contributed by atoms with E-state index in [1.807, 2.05) is 38.8 Å². The minimum Gasteiger partial charge on any atom is -0.327 e. The molecule has 4 aromatic heterocycles. The van der Waals surface area contributed by atoms with E-state index >= 15 is 0 Å². The zero-order valence-electron chi connectivity index (χ0n) is 16.9. The number of hydrogen-bond acceptors (Lipinski definition) is 7. The first-order valence-corrected chi connectivity index (χ1v) is 10.5. The lowest BCUT2D eigenvalue weighted by atomic mass is 10.1. The van der Waals surface area contributed by atoms with E-state index in [2.05, 4.69) is 48.3 Å². The minimum atomic E-state index is 0.695. The molecule has 2 N–H and O–H groups in total. The first-order chi connectivity index (χ1) is 14.6. The van der Waals surface area contributed by atoms with Gasteiger partial charge in [0, 0.05) is 37.1 Å². The van der Waals surface area contributed by atoms with Crippen LogP contribution in [0.15, 0.2) is 43.6 Å². The molecule has 0 saturated heterocycles. The summed E-state index contributed by atoms with van der Waals surface area (Å²) in [6.07, 6.45) is 12.8. The number of allylic oxidation sites excluding steroid dienone is 1. The fourth-order valence-corrected chi connectivity index (χ4v) is 4.31. The summed E-state index contributed by atoms with van der Waals surface area (Å²) in [5, 5.41) is 12.1. The third-order valence-corrected chi connectivity index (χ3v) is 5.83. The molecule has 1 aliphatic heterocycles. The van der Waals surface area contributed by atoms with Crippen LogP contribution in [-0.4, -0.2) is 41.6 Å². The van der Waals surface area contributed by atoms with Crippen molar-refractivity contribution in [2.24, 2.45) is 7.05 Å². The summed E-state index contributed by atoms with van der Waals surface area (Å²) in [7, 11) is 1.91. The molecule has 0 fully saturated rings. The lowest BCUT2D eigenvalue weighted by Crippen LogP contribution is -2.22. The molecule has 0 atom stereocenters. The molecule has 0 aliphatic carbocycles. The SMILES string of the molecule is C=C(C)c1cnsc1Nc1nc(C2=CCCNC2)cn2c(-c3cnn(C)c3)cnc12. The molecule has 5 rings (SSSR count). The molecule has 30 heavy (non-hydrogen) atoms.